The molecule has 1 amide bonds. The highest BCUT2D eigenvalue weighted by Crippen LogP contribution is 2.25. The lowest BCUT2D eigenvalue weighted by molar-refractivity contribution is -0.117. The van der Waals surface area contributed by atoms with Gasteiger partial charge in [0.05, 0.1) is 12.7 Å². The average Bonchev–Trinajstić information content (AvgIpc) is 2.89. The predicted octanol–water partition coefficient (Wildman–Crippen LogP) is 1.32. The number of piperazine rings is 1. The molecule has 0 unspecified atom stereocenters. The number of rotatable bonds is 4. The number of furan rings is 1. The second-order valence-electron chi connectivity index (χ2n) is 5.97. The Bertz CT molecular complexity index is 787. The van der Waals surface area contributed by atoms with Gasteiger partial charge in [0.1, 0.15) is 23.2 Å². The molecule has 8 heteroatoms. The predicted molar refractivity (Wildman–Crippen MR) is 92.2 cm³/mol. The highest BCUT2D eigenvalue weighted by Gasteiger charge is 2.22. The summed E-state index contributed by atoms with van der Waals surface area (Å²) in [6.07, 6.45) is 5.07. The minimum atomic E-state index is -0.182. The number of hydrogen-bond donors (Lipinski definition) is 1. The Hall–Kier alpha value is -2.92. The Morgan fingerprint density at radius 3 is 2.72 bits per heavy atom. The van der Waals surface area contributed by atoms with E-state index in [4.69, 9.17) is 4.42 Å². The van der Waals surface area contributed by atoms with E-state index in [1.165, 1.54) is 0 Å². The lowest BCUT2D eigenvalue weighted by Gasteiger charge is -2.34. The molecule has 0 bridgehead atoms. The normalized spacial score (nSPS) is 15.0. The number of aromatic nitrogens is 2. The van der Waals surface area contributed by atoms with Gasteiger partial charge in [0.25, 0.3) is 0 Å². The first-order valence-corrected chi connectivity index (χ1v) is 8.11. The molecule has 1 N–H and O–H groups in total. The molecule has 1 aliphatic rings. The Balaban J connectivity index is 1.53. The number of nitrogens with zero attached hydrogens (tertiary/aromatic N) is 5. The molecular weight excluding hydrogens is 320 g/mol. The molecule has 130 valence electrons. The van der Waals surface area contributed by atoms with Crippen LogP contribution in [0.15, 0.2) is 23.0 Å². The lowest BCUT2D eigenvalue weighted by atomic mass is 10.2. The first-order chi connectivity index (χ1) is 12.1. The zero-order valence-electron chi connectivity index (χ0n) is 14.3. The SMILES string of the molecule is Cc1oc(NC(=O)CN2CCN(c3cnccn3)CC2)c(C#N)c1C. The Morgan fingerprint density at radius 2 is 2.08 bits per heavy atom. The van der Waals surface area contributed by atoms with Crippen molar-refractivity contribution in [1.82, 2.24) is 14.9 Å². The number of hydrogen-bond acceptors (Lipinski definition) is 7. The zero-order valence-corrected chi connectivity index (χ0v) is 14.3. The summed E-state index contributed by atoms with van der Waals surface area (Å²) in [5.74, 6) is 1.55. The van der Waals surface area contributed by atoms with Crippen molar-refractivity contribution in [3.05, 3.63) is 35.5 Å². The first-order valence-electron chi connectivity index (χ1n) is 8.11. The van der Waals surface area contributed by atoms with Gasteiger partial charge in [-0.1, -0.05) is 0 Å². The van der Waals surface area contributed by atoms with Gasteiger partial charge in [-0.15, -0.1) is 0 Å². The number of nitrogens with one attached hydrogen (secondary N) is 1. The molecule has 0 saturated carbocycles. The topological polar surface area (TPSA) is 98.3 Å². The number of nitriles is 1. The van der Waals surface area contributed by atoms with E-state index in [0.29, 0.717) is 11.3 Å². The van der Waals surface area contributed by atoms with Gasteiger partial charge in [0, 0.05) is 44.1 Å². The molecule has 0 atom stereocenters. The van der Waals surface area contributed by atoms with Crippen molar-refractivity contribution in [3.63, 3.8) is 0 Å². The van der Waals surface area contributed by atoms with Crippen molar-refractivity contribution < 1.29 is 9.21 Å². The van der Waals surface area contributed by atoms with Crippen molar-refractivity contribution in [3.8, 4) is 6.07 Å². The summed E-state index contributed by atoms with van der Waals surface area (Å²) in [5.41, 5.74) is 1.15. The smallest absolute Gasteiger partial charge is 0.240 e. The van der Waals surface area contributed by atoms with E-state index in [2.05, 4.69) is 31.2 Å². The van der Waals surface area contributed by atoms with Gasteiger partial charge < -0.3 is 9.32 Å². The minimum absolute atomic E-state index is 0.182. The third-order valence-corrected chi connectivity index (χ3v) is 4.36. The van der Waals surface area contributed by atoms with E-state index in [1.807, 2.05) is 0 Å². The fourth-order valence-electron chi connectivity index (χ4n) is 2.81. The molecule has 2 aromatic rings. The average molecular weight is 340 g/mol. The lowest BCUT2D eigenvalue weighted by Crippen LogP contribution is -2.49. The molecule has 1 saturated heterocycles. The minimum Gasteiger partial charge on any atom is -0.444 e. The fourth-order valence-corrected chi connectivity index (χ4v) is 2.81. The van der Waals surface area contributed by atoms with Crippen LogP contribution in [0.1, 0.15) is 16.9 Å². The van der Waals surface area contributed by atoms with E-state index in [9.17, 15) is 10.1 Å². The summed E-state index contributed by atoms with van der Waals surface area (Å²) in [6, 6.07) is 2.08. The Morgan fingerprint density at radius 1 is 1.32 bits per heavy atom. The summed E-state index contributed by atoms with van der Waals surface area (Å²) in [5, 5.41) is 11.9. The fraction of sp³-hybridized carbons (Fsp3) is 0.412. The number of aryl methyl sites for hydroxylation is 1. The molecule has 1 aliphatic heterocycles. The summed E-state index contributed by atoms with van der Waals surface area (Å²) in [4.78, 5) is 24.9. The van der Waals surface area contributed by atoms with Crippen molar-refractivity contribution in [2.24, 2.45) is 0 Å². The Kier molecular flexibility index (Phi) is 4.95. The maximum Gasteiger partial charge on any atom is 0.240 e. The van der Waals surface area contributed by atoms with Crippen LogP contribution < -0.4 is 10.2 Å². The van der Waals surface area contributed by atoms with Gasteiger partial charge in [0.15, 0.2) is 0 Å². The second-order valence-corrected chi connectivity index (χ2v) is 5.97. The highest BCUT2D eigenvalue weighted by molar-refractivity contribution is 5.92. The maximum absolute atomic E-state index is 12.3. The van der Waals surface area contributed by atoms with E-state index in [0.717, 1.165) is 37.6 Å². The number of anilines is 2. The van der Waals surface area contributed by atoms with Gasteiger partial charge in [0.2, 0.25) is 11.8 Å². The van der Waals surface area contributed by atoms with Gasteiger partial charge in [-0.05, 0) is 13.8 Å². The molecule has 0 spiro atoms. The molecule has 1 fully saturated rings. The van der Waals surface area contributed by atoms with Crippen LogP contribution >= 0.6 is 0 Å². The molecule has 0 aliphatic carbocycles. The van der Waals surface area contributed by atoms with Crippen LogP contribution in [-0.2, 0) is 4.79 Å². The summed E-state index contributed by atoms with van der Waals surface area (Å²) < 4.78 is 5.47. The van der Waals surface area contributed by atoms with E-state index in [1.54, 1.807) is 32.4 Å². The van der Waals surface area contributed by atoms with Crippen LogP contribution in [0.4, 0.5) is 11.7 Å². The molecular formula is C17H20N6O2. The van der Waals surface area contributed by atoms with Crippen molar-refractivity contribution in [1.29, 1.82) is 5.26 Å². The summed E-state index contributed by atoms with van der Waals surface area (Å²) in [7, 11) is 0. The quantitative estimate of drug-likeness (QED) is 0.896. The second kappa shape index (κ2) is 7.32. The maximum atomic E-state index is 12.3. The molecule has 3 rings (SSSR count). The molecule has 0 aromatic carbocycles. The van der Waals surface area contributed by atoms with Crippen LogP contribution in [-0.4, -0.2) is 53.5 Å². The van der Waals surface area contributed by atoms with Crippen molar-refractivity contribution in [2.75, 3.05) is 42.9 Å². The Labute approximate surface area is 146 Å². The molecule has 8 nitrogen and oxygen atoms in total. The molecule has 3 heterocycles. The standard InChI is InChI=1S/C17H20N6O2/c1-12-13(2)25-17(14(12)9-18)21-16(24)11-22-5-7-23(8-6-22)15-10-19-3-4-20-15/h3-4,10H,5-8,11H2,1-2H3,(H,21,24). The van der Waals surface area contributed by atoms with Crippen molar-refractivity contribution >= 4 is 17.6 Å². The molecule has 25 heavy (non-hydrogen) atoms. The summed E-state index contributed by atoms with van der Waals surface area (Å²) >= 11 is 0. The number of carbonyl (C=O) groups excluding carboxylic acids is 1. The van der Waals surface area contributed by atoms with E-state index in [-0.39, 0.29) is 18.3 Å². The zero-order chi connectivity index (χ0) is 17.8. The van der Waals surface area contributed by atoms with Gasteiger partial charge >= 0.3 is 0 Å². The third kappa shape index (κ3) is 3.78. The molecule has 2 aromatic heterocycles. The number of amides is 1. The van der Waals surface area contributed by atoms with E-state index >= 15 is 0 Å². The van der Waals surface area contributed by atoms with Crippen LogP contribution in [0.5, 0.6) is 0 Å². The van der Waals surface area contributed by atoms with Crippen molar-refractivity contribution in [2.45, 2.75) is 13.8 Å². The van der Waals surface area contributed by atoms with E-state index < -0.39 is 0 Å². The van der Waals surface area contributed by atoms with Gasteiger partial charge in [-0.3, -0.25) is 20.0 Å². The first kappa shape index (κ1) is 16.9. The molecule has 0 radical (unpaired) electrons. The number of carbonyl (C=O) groups is 1. The van der Waals surface area contributed by atoms with Gasteiger partial charge in [-0.2, -0.15) is 5.26 Å². The third-order valence-electron chi connectivity index (χ3n) is 4.36. The largest absolute Gasteiger partial charge is 0.444 e. The highest BCUT2D eigenvalue weighted by atomic mass is 16.4. The van der Waals surface area contributed by atoms with Crippen LogP contribution in [0, 0.1) is 25.2 Å². The van der Waals surface area contributed by atoms with Crippen LogP contribution in [0.2, 0.25) is 0 Å². The van der Waals surface area contributed by atoms with Crippen LogP contribution in [0.3, 0.4) is 0 Å². The van der Waals surface area contributed by atoms with Gasteiger partial charge in [-0.25, -0.2) is 4.98 Å². The van der Waals surface area contributed by atoms with Crippen LogP contribution in [0.25, 0.3) is 0 Å². The monoisotopic (exact) mass is 340 g/mol. The summed E-state index contributed by atoms with van der Waals surface area (Å²) in [6.45, 7) is 6.92.